The first-order valence-corrected chi connectivity index (χ1v) is 13.9. The molecule has 39 heavy (non-hydrogen) atoms. The third-order valence-corrected chi connectivity index (χ3v) is 8.59. The number of hydrogen-bond acceptors (Lipinski definition) is 7. The zero-order valence-corrected chi connectivity index (χ0v) is 21.8. The van der Waals surface area contributed by atoms with Crippen molar-refractivity contribution >= 4 is 32.7 Å². The third-order valence-electron chi connectivity index (χ3n) is 6.89. The van der Waals surface area contributed by atoms with Crippen molar-refractivity contribution in [3.05, 3.63) is 105 Å². The van der Waals surface area contributed by atoms with Crippen LogP contribution in [0.3, 0.4) is 0 Å². The van der Waals surface area contributed by atoms with Gasteiger partial charge >= 0.3 is 5.69 Å². The van der Waals surface area contributed by atoms with Gasteiger partial charge in [0, 0.05) is 37.8 Å². The largest absolute Gasteiger partial charge is 0.352 e. The summed E-state index contributed by atoms with van der Waals surface area (Å²) in [7, 11) is -4.39. The van der Waals surface area contributed by atoms with Crippen LogP contribution in [0.2, 0.25) is 0 Å². The molecule has 12 heteroatoms. The average Bonchev–Trinajstić information content (AvgIpc) is 3.22. The second kappa shape index (κ2) is 10.8. The summed E-state index contributed by atoms with van der Waals surface area (Å²) in [6, 6.07) is 20.8. The molecule has 0 aliphatic carbocycles. The number of benzene rings is 3. The van der Waals surface area contributed by atoms with Gasteiger partial charge in [-0.25, -0.2) is 13.2 Å². The van der Waals surface area contributed by atoms with Gasteiger partial charge in [-0.2, -0.15) is 3.97 Å². The molecule has 0 unspecified atom stereocenters. The van der Waals surface area contributed by atoms with Crippen molar-refractivity contribution in [3.8, 4) is 0 Å². The number of amides is 1. The first kappa shape index (κ1) is 26.3. The van der Waals surface area contributed by atoms with Gasteiger partial charge in [0.15, 0.2) is 0 Å². The van der Waals surface area contributed by atoms with E-state index in [4.69, 9.17) is 0 Å². The number of likely N-dealkylation sites (tertiary alicyclic amines) is 1. The Balaban J connectivity index is 1.32. The number of imidazole rings is 1. The van der Waals surface area contributed by atoms with Crippen LogP contribution in [0.25, 0.3) is 11.0 Å². The number of hydrogen-bond donors (Lipinski definition) is 1. The summed E-state index contributed by atoms with van der Waals surface area (Å²) in [6.45, 7) is 2.16. The number of para-hydroxylation sites is 2. The molecule has 3 aromatic carbocycles. The number of nitro groups is 1. The molecule has 0 saturated carbocycles. The quantitative estimate of drug-likeness (QED) is 0.264. The molecule has 0 radical (unpaired) electrons. The Kier molecular flexibility index (Phi) is 7.31. The van der Waals surface area contributed by atoms with E-state index in [0.29, 0.717) is 9.49 Å². The first-order valence-electron chi connectivity index (χ1n) is 12.5. The number of nitro benzene ring substituents is 1. The van der Waals surface area contributed by atoms with E-state index in [9.17, 15) is 28.1 Å². The monoisotopic (exact) mass is 549 g/mol. The molecule has 1 aromatic heterocycles. The normalized spacial score (nSPS) is 14.9. The predicted octanol–water partition coefficient (Wildman–Crippen LogP) is 2.73. The summed E-state index contributed by atoms with van der Waals surface area (Å²) in [6.07, 6.45) is 1.54. The molecule has 0 atom stereocenters. The summed E-state index contributed by atoms with van der Waals surface area (Å²) in [5.74, 6) is -0.380. The number of fused-ring (bicyclic) bond motifs is 1. The van der Waals surface area contributed by atoms with Crippen LogP contribution in [-0.2, 0) is 27.9 Å². The van der Waals surface area contributed by atoms with Gasteiger partial charge in [-0.15, -0.1) is 0 Å². The van der Waals surface area contributed by atoms with Gasteiger partial charge in [0.2, 0.25) is 5.91 Å². The number of rotatable bonds is 8. The van der Waals surface area contributed by atoms with E-state index in [0.717, 1.165) is 61.3 Å². The number of non-ortho nitro benzene ring substituents is 1. The summed E-state index contributed by atoms with van der Waals surface area (Å²) in [5.41, 5.74) is 0.483. The predicted molar refractivity (Wildman–Crippen MR) is 145 cm³/mol. The van der Waals surface area contributed by atoms with Crippen LogP contribution in [0.4, 0.5) is 5.69 Å². The van der Waals surface area contributed by atoms with Crippen LogP contribution in [0.5, 0.6) is 0 Å². The molecular weight excluding hydrogens is 522 g/mol. The summed E-state index contributed by atoms with van der Waals surface area (Å²) in [4.78, 5) is 38.7. The molecule has 2 heterocycles. The second-order valence-corrected chi connectivity index (χ2v) is 11.3. The SMILES string of the molecule is O=C(Cn1c(=O)n(S(=O)(=O)c2ccc([N+](=O)[O-])cc2)c2ccccc21)NC1CCN(Cc2ccccc2)CC1. The highest BCUT2D eigenvalue weighted by atomic mass is 32.2. The fraction of sp³-hybridized carbons (Fsp3) is 0.259. The standard InChI is InChI=1S/C27H27N5O6S/c33-26(28-21-14-16-29(17-15-21)18-20-6-2-1-3-7-20)19-30-24-8-4-5-9-25(24)31(27(30)34)39(37,38)23-12-10-22(11-13-23)32(35)36/h1-13,21H,14-19H2,(H,28,33). The molecule has 0 spiro atoms. The topological polar surface area (TPSA) is 137 Å². The Morgan fingerprint density at radius 2 is 1.54 bits per heavy atom. The van der Waals surface area contributed by atoms with E-state index in [1.165, 1.54) is 11.6 Å². The van der Waals surface area contributed by atoms with Crippen molar-refractivity contribution in [2.75, 3.05) is 13.1 Å². The van der Waals surface area contributed by atoms with E-state index in [-0.39, 0.29) is 34.6 Å². The number of piperidine rings is 1. The van der Waals surface area contributed by atoms with E-state index < -0.39 is 20.6 Å². The van der Waals surface area contributed by atoms with Gasteiger partial charge in [-0.05, 0) is 42.7 Å². The number of carbonyl (C=O) groups is 1. The van der Waals surface area contributed by atoms with Crippen molar-refractivity contribution in [3.63, 3.8) is 0 Å². The molecule has 202 valence electrons. The molecule has 1 amide bonds. The van der Waals surface area contributed by atoms with Crippen LogP contribution in [0, 0.1) is 10.1 Å². The van der Waals surface area contributed by atoms with Gasteiger partial charge in [0.25, 0.3) is 15.7 Å². The second-order valence-electron chi connectivity index (χ2n) is 9.48. The third kappa shape index (κ3) is 5.47. The molecule has 1 saturated heterocycles. The minimum atomic E-state index is -4.39. The highest BCUT2D eigenvalue weighted by molar-refractivity contribution is 7.90. The minimum absolute atomic E-state index is 0.0441. The highest BCUT2D eigenvalue weighted by Gasteiger charge is 2.27. The fourth-order valence-electron chi connectivity index (χ4n) is 4.90. The lowest BCUT2D eigenvalue weighted by Crippen LogP contribution is -2.45. The zero-order valence-electron chi connectivity index (χ0n) is 21.0. The molecule has 1 N–H and O–H groups in total. The Hall–Kier alpha value is -4.29. The minimum Gasteiger partial charge on any atom is -0.352 e. The van der Waals surface area contributed by atoms with Gasteiger partial charge in [-0.3, -0.25) is 24.4 Å². The van der Waals surface area contributed by atoms with Crippen molar-refractivity contribution in [1.29, 1.82) is 0 Å². The lowest BCUT2D eigenvalue weighted by molar-refractivity contribution is -0.384. The summed E-state index contributed by atoms with van der Waals surface area (Å²) in [5, 5.41) is 13.9. The van der Waals surface area contributed by atoms with Gasteiger partial charge < -0.3 is 5.32 Å². The van der Waals surface area contributed by atoms with Crippen LogP contribution >= 0.6 is 0 Å². The zero-order chi connectivity index (χ0) is 27.6. The summed E-state index contributed by atoms with van der Waals surface area (Å²) >= 11 is 0. The Labute approximate surface area is 224 Å². The average molecular weight is 550 g/mol. The lowest BCUT2D eigenvalue weighted by Gasteiger charge is -2.32. The van der Waals surface area contributed by atoms with Crippen LogP contribution in [-0.4, -0.2) is 51.8 Å². The molecule has 0 bridgehead atoms. The van der Waals surface area contributed by atoms with Crippen molar-refractivity contribution in [1.82, 2.24) is 18.8 Å². The molecule has 11 nitrogen and oxygen atoms in total. The molecule has 4 aromatic rings. The van der Waals surface area contributed by atoms with Crippen LogP contribution < -0.4 is 11.0 Å². The van der Waals surface area contributed by atoms with Crippen molar-refractivity contribution in [2.45, 2.75) is 36.9 Å². The fourth-order valence-corrected chi connectivity index (χ4v) is 6.31. The van der Waals surface area contributed by atoms with Gasteiger partial charge in [0.05, 0.1) is 20.9 Å². The maximum Gasteiger partial charge on any atom is 0.343 e. The van der Waals surface area contributed by atoms with Crippen LogP contribution in [0.15, 0.2) is 88.6 Å². The van der Waals surface area contributed by atoms with Crippen molar-refractivity contribution < 1.29 is 18.1 Å². The Morgan fingerprint density at radius 3 is 2.18 bits per heavy atom. The molecule has 5 rings (SSSR count). The number of nitrogens with one attached hydrogen (secondary N) is 1. The Bertz CT molecular complexity index is 1670. The van der Waals surface area contributed by atoms with Gasteiger partial charge in [-0.1, -0.05) is 42.5 Å². The van der Waals surface area contributed by atoms with E-state index in [2.05, 4.69) is 22.3 Å². The van der Waals surface area contributed by atoms with E-state index in [1.807, 2.05) is 18.2 Å². The van der Waals surface area contributed by atoms with Gasteiger partial charge in [0.1, 0.15) is 6.54 Å². The lowest BCUT2D eigenvalue weighted by atomic mass is 10.0. The van der Waals surface area contributed by atoms with E-state index >= 15 is 0 Å². The van der Waals surface area contributed by atoms with Crippen LogP contribution in [0.1, 0.15) is 18.4 Å². The number of carbonyl (C=O) groups excluding carboxylic acids is 1. The molecular formula is C27H27N5O6S. The van der Waals surface area contributed by atoms with Crippen molar-refractivity contribution in [2.24, 2.45) is 0 Å². The highest BCUT2D eigenvalue weighted by Crippen LogP contribution is 2.22. The maximum absolute atomic E-state index is 13.4. The first-order chi connectivity index (χ1) is 18.7. The molecule has 1 fully saturated rings. The maximum atomic E-state index is 13.4. The van der Waals surface area contributed by atoms with E-state index in [1.54, 1.807) is 18.2 Å². The number of aromatic nitrogens is 2. The smallest absolute Gasteiger partial charge is 0.343 e. The number of nitrogens with zero attached hydrogens (tertiary/aromatic N) is 4. The molecule has 1 aliphatic rings. The Morgan fingerprint density at radius 1 is 0.923 bits per heavy atom. The molecule has 1 aliphatic heterocycles. The summed E-state index contributed by atoms with van der Waals surface area (Å²) < 4.78 is 28.6.